The van der Waals surface area contributed by atoms with Crippen LogP contribution in [0, 0.1) is 17.1 Å². The van der Waals surface area contributed by atoms with E-state index in [4.69, 9.17) is 14.7 Å². The summed E-state index contributed by atoms with van der Waals surface area (Å²) in [5.74, 6) is -0.222. The highest BCUT2D eigenvalue weighted by Gasteiger charge is 2.15. The topological polar surface area (TPSA) is 71.3 Å². The number of nitrogens with zero attached hydrogens (tertiary/aromatic N) is 1. The quantitative estimate of drug-likeness (QED) is 0.860. The van der Waals surface area contributed by atoms with Crippen LogP contribution >= 0.6 is 0 Å². The molecule has 0 aromatic heterocycles. The Morgan fingerprint density at radius 1 is 1.45 bits per heavy atom. The Balaban J connectivity index is 2.35. The largest absolute Gasteiger partial charge is 0.492 e. The molecule has 0 aliphatic rings. The zero-order chi connectivity index (χ0) is 15.2. The number of hydrogen-bond acceptors (Lipinski definition) is 4. The second kappa shape index (κ2) is 6.75. The van der Waals surface area contributed by atoms with Gasteiger partial charge in [-0.1, -0.05) is 0 Å². The molecule has 0 fully saturated rings. The number of rotatable bonds is 4. The van der Waals surface area contributed by atoms with Crippen LogP contribution in [0.15, 0.2) is 18.2 Å². The Kier molecular flexibility index (Phi) is 5.32. The Hall–Kier alpha value is -2.29. The Bertz CT molecular complexity index is 518. The number of benzene rings is 1. The van der Waals surface area contributed by atoms with Gasteiger partial charge < -0.3 is 14.8 Å². The molecule has 20 heavy (non-hydrogen) atoms. The SMILES string of the molecule is CC(C)(C)OC(=O)NCCOc1ccc(F)c(C#N)c1. The van der Waals surface area contributed by atoms with Crippen LogP contribution in [0.5, 0.6) is 5.75 Å². The molecule has 1 amide bonds. The summed E-state index contributed by atoms with van der Waals surface area (Å²) >= 11 is 0. The maximum absolute atomic E-state index is 13.1. The minimum atomic E-state index is -0.591. The summed E-state index contributed by atoms with van der Waals surface area (Å²) in [6.45, 7) is 5.74. The average Bonchev–Trinajstić information content (AvgIpc) is 2.34. The molecule has 0 aliphatic carbocycles. The van der Waals surface area contributed by atoms with Gasteiger partial charge in [0.15, 0.2) is 0 Å². The smallest absolute Gasteiger partial charge is 0.407 e. The molecule has 108 valence electrons. The maximum Gasteiger partial charge on any atom is 0.407 e. The van der Waals surface area contributed by atoms with Crippen molar-refractivity contribution in [3.05, 3.63) is 29.6 Å². The van der Waals surface area contributed by atoms with E-state index in [0.717, 1.165) is 6.07 Å². The van der Waals surface area contributed by atoms with Crippen molar-refractivity contribution in [3.63, 3.8) is 0 Å². The molecule has 0 spiro atoms. The first-order valence-corrected chi connectivity index (χ1v) is 6.11. The number of alkyl carbamates (subject to hydrolysis) is 1. The Morgan fingerprint density at radius 2 is 2.15 bits per heavy atom. The molecule has 0 saturated carbocycles. The van der Waals surface area contributed by atoms with Crippen molar-refractivity contribution in [2.75, 3.05) is 13.2 Å². The number of ether oxygens (including phenoxy) is 2. The lowest BCUT2D eigenvalue weighted by molar-refractivity contribution is 0.0520. The van der Waals surface area contributed by atoms with Crippen LogP contribution in [-0.4, -0.2) is 24.8 Å². The summed E-state index contributed by atoms with van der Waals surface area (Å²) in [6, 6.07) is 5.62. The average molecular weight is 280 g/mol. The van der Waals surface area contributed by atoms with Gasteiger partial charge in [-0.05, 0) is 32.9 Å². The van der Waals surface area contributed by atoms with E-state index < -0.39 is 17.5 Å². The molecule has 0 saturated heterocycles. The zero-order valence-electron chi connectivity index (χ0n) is 11.7. The first-order valence-electron chi connectivity index (χ1n) is 6.11. The maximum atomic E-state index is 13.1. The lowest BCUT2D eigenvalue weighted by Crippen LogP contribution is -2.34. The van der Waals surface area contributed by atoms with Crippen LogP contribution in [0.3, 0.4) is 0 Å². The van der Waals surface area contributed by atoms with Gasteiger partial charge >= 0.3 is 6.09 Å². The molecule has 0 aliphatic heterocycles. The molecule has 6 heteroatoms. The van der Waals surface area contributed by atoms with E-state index in [9.17, 15) is 9.18 Å². The van der Waals surface area contributed by atoms with Gasteiger partial charge in [-0.3, -0.25) is 0 Å². The van der Waals surface area contributed by atoms with Crippen molar-refractivity contribution >= 4 is 6.09 Å². The molecule has 1 N–H and O–H groups in total. The number of amides is 1. The van der Waals surface area contributed by atoms with Crippen LogP contribution < -0.4 is 10.1 Å². The molecule has 0 radical (unpaired) electrons. The van der Waals surface area contributed by atoms with Crippen LogP contribution in [0.1, 0.15) is 26.3 Å². The van der Waals surface area contributed by atoms with Crippen LogP contribution in [0.25, 0.3) is 0 Å². The fourth-order valence-electron chi connectivity index (χ4n) is 1.32. The number of carbonyl (C=O) groups is 1. The molecule has 1 aromatic carbocycles. The highest BCUT2D eigenvalue weighted by molar-refractivity contribution is 5.67. The van der Waals surface area contributed by atoms with E-state index in [1.807, 2.05) is 0 Å². The molecule has 1 rings (SSSR count). The van der Waals surface area contributed by atoms with Gasteiger partial charge in [0.25, 0.3) is 0 Å². The summed E-state index contributed by atoms with van der Waals surface area (Å²) in [6.07, 6.45) is -0.530. The molecule has 0 heterocycles. The van der Waals surface area contributed by atoms with Crippen LogP contribution in [0.2, 0.25) is 0 Å². The van der Waals surface area contributed by atoms with Gasteiger partial charge in [-0.15, -0.1) is 0 Å². The van der Waals surface area contributed by atoms with Crippen LogP contribution in [-0.2, 0) is 4.74 Å². The molecular weight excluding hydrogens is 263 g/mol. The van der Waals surface area contributed by atoms with Crippen molar-refractivity contribution in [3.8, 4) is 11.8 Å². The molecule has 0 bridgehead atoms. The summed E-state index contributed by atoms with van der Waals surface area (Å²) in [5, 5.41) is 11.2. The fraction of sp³-hybridized carbons (Fsp3) is 0.429. The third-order valence-electron chi connectivity index (χ3n) is 2.10. The van der Waals surface area contributed by atoms with Crippen molar-refractivity contribution in [1.82, 2.24) is 5.32 Å². The van der Waals surface area contributed by atoms with E-state index in [-0.39, 0.29) is 18.7 Å². The monoisotopic (exact) mass is 280 g/mol. The van der Waals surface area contributed by atoms with Crippen molar-refractivity contribution < 1.29 is 18.7 Å². The Labute approximate surface area is 117 Å². The standard InChI is InChI=1S/C14H17FN2O3/c1-14(2,3)20-13(18)17-6-7-19-11-4-5-12(15)10(8-11)9-16/h4-5,8H,6-7H2,1-3H3,(H,17,18). The van der Waals surface area contributed by atoms with E-state index in [2.05, 4.69) is 5.32 Å². The second-order valence-electron chi connectivity index (χ2n) is 5.03. The molecule has 1 aromatic rings. The third kappa shape index (κ3) is 5.57. The number of hydrogen-bond donors (Lipinski definition) is 1. The van der Waals surface area contributed by atoms with Gasteiger partial charge in [0.1, 0.15) is 29.8 Å². The predicted molar refractivity (Wildman–Crippen MR) is 70.8 cm³/mol. The van der Waals surface area contributed by atoms with E-state index in [1.54, 1.807) is 26.8 Å². The van der Waals surface area contributed by atoms with E-state index in [0.29, 0.717) is 5.75 Å². The summed E-state index contributed by atoms with van der Waals surface area (Å²) in [4.78, 5) is 11.3. The minimum Gasteiger partial charge on any atom is -0.492 e. The molecule has 0 unspecified atom stereocenters. The zero-order valence-corrected chi connectivity index (χ0v) is 11.7. The number of nitrogens with one attached hydrogen (secondary N) is 1. The van der Waals surface area contributed by atoms with Crippen LogP contribution in [0.4, 0.5) is 9.18 Å². The first-order chi connectivity index (χ1) is 9.31. The fourth-order valence-corrected chi connectivity index (χ4v) is 1.32. The lowest BCUT2D eigenvalue weighted by Gasteiger charge is -2.19. The van der Waals surface area contributed by atoms with E-state index >= 15 is 0 Å². The number of carbonyl (C=O) groups excluding carboxylic acids is 1. The minimum absolute atomic E-state index is 0.0809. The van der Waals surface area contributed by atoms with Crippen molar-refractivity contribution in [2.24, 2.45) is 0 Å². The highest BCUT2D eigenvalue weighted by Crippen LogP contribution is 2.15. The number of nitriles is 1. The third-order valence-corrected chi connectivity index (χ3v) is 2.10. The summed E-state index contributed by atoms with van der Waals surface area (Å²) < 4.78 is 23.4. The number of halogens is 1. The second-order valence-corrected chi connectivity index (χ2v) is 5.03. The van der Waals surface area contributed by atoms with Gasteiger partial charge in [0.2, 0.25) is 0 Å². The molecule has 5 nitrogen and oxygen atoms in total. The summed E-state index contributed by atoms with van der Waals surface area (Å²) in [7, 11) is 0. The highest BCUT2D eigenvalue weighted by atomic mass is 19.1. The van der Waals surface area contributed by atoms with Gasteiger partial charge in [-0.2, -0.15) is 5.26 Å². The Morgan fingerprint density at radius 3 is 2.75 bits per heavy atom. The van der Waals surface area contributed by atoms with Crippen molar-refractivity contribution in [1.29, 1.82) is 5.26 Å². The lowest BCUT2D eigenvalue weighted by atomic mass is 10.2. The van der Waals surface area contributed by atoms with Gasteiger partial charge in [0, 0.05) is 6.07 Å². The molecule has 0 atom stereocenters. The van der Waals surface area contributed by atoms with Gasteiger partial charge in [0.05, 0.1) is 12.1 Å². The summed E-state index contributed by atoms with van der Waals surface area (Å²) in [5.41, 5.74) is -0.633. The normalized spacial score (nSPS) is 10.6. The predicted octanol–water partition coefficient (Wildman–Crippen LogP) is 2.60. The molecular formula is C14H17FN2O3. The van der Waals surface area contributed by atoms with Gasteiger partial charge in [-0.25, -0.2) is 9.18 Å². The first kappa shape index (κ1) is 15.8. The van der Waals surface area contributed by atoms with E-state index in [1.165, 1.54) is 12.1 Å². The van der Waals surface area contributed by atoms with Crippen molar-refractivity contribution in [2.45, 2.75) is 26.4 Å².